The third-order valence-corrected chi connectivity index (χ3v) is 7.98. The van der Waals surface area contributed by atoms with Gasteiger partial charge in [-0.25, -0.2) is 4.98 Å². The molecular formula is C30H34BrN5O2. The van der Waals surface area contributed by atoms with Crippen LogP contribution in [0.4, 0.5) is 0 Å². The first-order chi connectivity index (χ1) is 17.8. The molecule has 1 amide bonds. The second kappa shape index (κ2) is 10.2. The van der Waals surface area contributed by atoms with Crippen LogP contribution in [0.3, 0.4) is 0 Å². The van der Waals surface area contributed by atoms with E-state index in [9.17, 15) is 10.2 Å². The first kappa shape index (κ1) is 26.4. The van der Waals surface area contributed by atoms with Gasteiger partial charge in [-0.2, -0.15) is 0 Å². The van der Waals surface area contributed by atoms with E-state index in [1.54, 1.807) is 6.20 Å². The van der Waals surface area contributed by atoms with E-state index in [4.69, 9.17) is 9.72 Å². The summed E-state index contributed by atoms with van der Waals surface area (Å²) >= 11 is 0. The highest BCUT2D eigenvalue weighted by Gasteiger charge is 2.51. The van der Waals surface area contributed by atoms with Crippen LogP contribution in [0.15, 0.2) is 66.9 Å². The van der Waals surface area contributed by atoms with Gasteiger partial charge in [-0.3, -0.25) is 14.8 Å². The quantitative estimate of drug-likeness (QED) is 0.360. The van der Waals surface area contributed by atoms with Gasteiger partial charge in [-0.1, -0.05) is 59.7 Å². The average molecular weight is 577 g/mol. The molecule has 2 aromatic carbocycles. The minimum absolute atomic E-state index is 0. The van der Waals surface area contributed by atoms with E-state index >= 15 is 0 Å². The summed E-state index contributed by atoms with van der Waals surface area (Å²) in [7, 11) is 0. The van der Waals surface area contributed by atoms with E-state index in [2.05, 4.69) is 69.3 Å². The number of carbonyl (C=O) groups excluding carboxylic acids is 1. The van der Waals surface area contributed by atoms with E-state index in [1.165, 1.54) is 11.1 Å². The van der Waals surface area contributed by atoms with Gasteiger partial charge in [0.1, 0.15) is 6.04 Å². The summed E-state index contributed by atoms with van der Waals surface area (Å²) in [4.78, 5) is 20.7. The van der Waals surface area contributed by atoms with Gasteiger partial charge in [0.15, 0.2) is 5.65 Å². The first-order valence-corrected chi connectivity index (χ1v) is 13.0. The van der Waals surface area contributed by atoms with E-state index in [0.29, 0.717) is 12.1 Å². The molecule has 0 radical (unpaired) electrons. The fraction of sp³-hybridized carbons (Fsp3) is 0.367. The molecule has 0 aliphatic carbocycles. The van der Waals surface area contributed by atoms with E-state index in [1.807, 2.05) is 26.2 Å². The predicted octanol–water partition coefficient (Wildman–Crippen LogP) is 4.76. The Morgan fingerprint density at radius 2 is 1.63 bits per heavy atom. The number of rotatable bonds is 6. The maximum absolute atomic E-state index is 14.1. The molecule has 2 unspecified atom stereocenters. The van der Waals surface area contributed by atoms with Crippen LogP contribution in [0.2, 0.25) is 0 Å². The number of fused-ring (bicyclic) bond motifs is 1. The Morgan fingerprint density at radius 3 is 2.24 bits per heavy atom. The second-order valence-electron chi connectivity index (χ2n) is 10.9. The molecule has 0 saturated carbocycles. The standard InChI is InChI=1S/C30H33N5O2.BrH/c1-20-6-10-23(11-7-20)15-26(28(36)33-16-30(17-33)18-37-19-30)35-27-25(5-4-14-32-27)34(29(35)31)22(3)24-12-8-21(2)9-13-24;/h4-14,22,26,31H,15-19H2,1-3H3;1H. The van der Waals surface area contributed by atoms with Gasteiger partial charge in [0, 0.05) is 25.7 Å². The Labute approximate surface area is 233 Å². The van der Waals surface area contributed by atoms with Gasteiger partial charge < -0.3 is 14.2 Å². The lowest BCUT2D eigenvalue weighted by Crippen LogP contribution is -2.68. The van der Waals surface area contributed by atoms with Crippen LogP contribution in [0, 0.1) is 24.7 Å². The maximum atomic E-state index is 14.1. The molecule has 2 aromatic heterocycles. The average Bonchev–Trinajstić information content (AvgIpc) is 3.13. The molecule has 4 aromatic rings. The molecule has 1 spiro atoms. The number of hydrogen-bond acceptors (Lipinski definition) is 4. The van der Waals surface area contributed by atoms with E-state index in [-0.39, 0.29) is 40.0 Å². The van der Waals surface area contributed by atoms with Crippen molar-refractivity contribution in [3.63, 3.8) is 0 Å². The highest BCUT2D eigenvalue weighted by Crippen LogP contribution is 2.39. The highest BCUT2D eigenvalue weighted by molar-refractivity contribution is 8.93. The fourth-order valence-electron chi connectivity index (χ4n) is 5.71. The summed E-state index contributed by atoms with van der Waals surface area (Å²) in [5, 5.41) is 9.36. The van der Waals surface area contributed by atoms with Crippen LogP contribution >= 0.6 is 17.0 Å². The number of halogens is 1. The molecule has 7 nitrogen and oxygen atoms in total. The molecule has 2 aliphatic rings. The molecule has 2 atom stereocenters. The molecule has 2 fully saturated rings. The molecule has 2 saturated heterocycles. The SMILES string of the molecule is Br.Cc1ccc(CC(C(=O)N2CC3(COC3)C2)n2c(=N)n(C(C)c3ccc(C)cc3)c3cccnc32)cc1. The summed E-state index contributed by atoms with van der Waals surface area (Å²) in [6, 6.07) is 20.0. The van der Waals surface area contributed by atoms with Crippen LogP contribution in [0.5, 0.6) is 0 Å². The third-order valence-electron chi connectivity index (χ3n) is 7.98. The topological polar surface area (TPSA) is 76.1 Å². The summed E-state index contributed by atoms with van der Waals surface area (Å²) in [6.45, 7) is 9.13. The van der Waals surface area contributed by atoms with Gasteiger partial charge in [0.2, 0.25) is 11.5 Å². The third kappa shape index (κ3) is 4.50. The maximum Gasteiger partial charge on any atom is 0.246 e. The van der Waals surface area contributed by atoms with Crippen molar-refractivity contribution in [3.05, 3.63) is 94.7 Å². The Bertz CT molecular complexity index is 1510. The number of aromatic nitrogens is 3. The van der Waals surface area contributed by atoms with Crippen LogP contribution in [-0.2, 0) is 16.0 Å². The van der Waals surface area contributed by atoms with Gasteiger partial charge >= 0.3 is 0 Å². The van der Waals surface area contributed by atoms with Gasteiger partial charge in [0.25, 0.3) is 0 Å². The summed E-state index contributed by atoms with van der Waals surface area (Å²) in [6.07, 6.45) is 2.25. The second-order valence-corrected chi connectivity index (χ2v) is 10.9. The van der Waals surface area contributed by atoms with E-state index < -0.39 is 6.04 Å². The van der Waals surface area contributed by atoms with Gasteiger partial charge in [-0.15, -0.1) is 17.0 Å². The molecule has 2 aliphatic heterocycles. The highest BCUT2D eigenvalue weighted by atomic mass is 79.9. The van der Waals surface area contributed by atoms with E-state index in [0.717, 1.165) is 42.9 Å². The molecule has 0 bridgehead atoms. The Kier molecular flexibility index (Phi) is 7.05. The van der Waals surface area contributed by atoms with Gasteiger partial charge in [0.05, 0.1) is 30.2 Å². The van der Waals surface area contributed by atoms with Crippen LogP contribution < -0.4 is 5.62 Å². The van der Waals surface area contributed by atoms with Crippen molar-refractivity contribution < 1.29 is 9.53 Å². The zero-order valence-corrected chi connectivity index (χ0v) is 23.8. The minimum atomic E-state index is -0.558. The number of amides is 1. The monoisotopic (exact) mass is 575 g/mol. The number of pyridine rings is 1. The number of aryl methyl sites for hydroxylation is 2. The lowest BCUT2D eigenvalue weighted by atomic mass is 9.77. The number of benzene rings is 2. The first-order valence-electron chi connectivity index (χ1n) is 13.0. The van der Waals surface area contributed by atoms with Crippen molar-refractivity contribution in [2.45, 2.75) is 39.3 Å². The smallest absolute Gasteiger partial charge is 0.246 e. The summed E-state index contributed by atoms with van der Waals surface area (Å²) in [5.41, 5.74) is 6.50. The number of nitrogens with one attached hydrogen (secondary N) is 1. The predicted molar refractivity (Wildman–Crippen MR) is 153 cm³/mol. The number of hydrogen-bond donors (Lipinski definition) is 1. The number of nitrogens with zero attached hydrogens (tertiary/aromatic N) is 4. The molecule has 8 heteroatoms. The number of likely N-dealkylation sites (tertiary alicyclic amines) is 1. The number of imidazole rings is 1. The molecule has 1 N–H and O–H groups in total. The number of carbonyl (C=O) groups is 1. The van der Waals surface area contributed by atoms with Crippen molar-refractivity contribution in [2.24, 2.45) is 5.41 Å². The zero-order valence-electron chi connectivity index (χ0n) is 22.1. The molecule has 38 heavy (non-hydrogen) atoms. The van der Waals surface area contributed by atoms with Crippen molar-refractivity contribution in [2.75, 3.05) is 26.3 Å². The van der Waals surface area contributed by atoms with Crippen molar-refractivity contribution in [1.82, 2.24) is 19.0 Å². The summed E-state index contributed by atoms with van der Waals surface area (Å²) in [5.74, 6) is 0.0456. The van der Waals surface area contributed by atoms with Crippen molar-refractivity contribution >= 4 is 34.1 Å². The van der Waals surface area contributed by atoms with Crippen LogP contribution in [0.1, 0.15) is 41.3 Å². The fourth-order valence-corrected chi connectivity index (χ4v) is 5.71. The lowest BCUT2D eigenvalue weighted by molar-refractivity contribution is -0.197. The largest absolute Gasteiger partial charge is 0.380 e. The normalized spacial score (nSPS) is 17.4. The molecule has 6 rings (SSSR count). The van der Waals surface area contributed by atoms with Crippen LogP contribution in [-0.4, -0.2) is 51.2 Å². The zero-order chi connectivity index (χ0) is 25.7. The Hall–Kier alpha value is -3.23. The summed E-state index contributed by atoms with van der Waals surface area (Å²) < 4.78 is 9.28. The van der Waals surface area contributed by atoms with Gasteiger partial charge in [-0.05, 0) is 44.0 Å². The molecular weight excluding hydrogens is 542 g/mol. The lowest BCUT2D eigenvalue weighted by Gasteiger charge is -2.55. The minimum Gasteiger partial charge on any atom is -0.380 e. The number of ether oxygens (including phenoxy) is 1. The van der Waals surface area contributed by atoms with Crippen LogP contribution in [0.25, 0.3) is 11.2 Å². The Balaban J connectivity index is 0.00000294. The Morgan fingerprint density at radius 1 is 1.00 bits per heavy atom. The van der Waals surface area contributed by atoms with Crippen molar-refractivity contribution in [3.8, 4) is 0 Å². The molecule has 4 heterocycles. The molecule has 198 valence electrons. The van der Waals surface area contributed by atoms with Crippen molar-refractivity contribution in [1.29, 1.82) is 5.41 Å².